The molecule has 0 aliphatic carbocycles. The number of aromatic hydroxyl groups is 1. The standard InChI is InChI=1S/C13H11NO3S/c1-7-3-5-9(6-4-7)12-14-11(16)10(8(2)15)13(17)18-12/h3-6,16H,1-2H3. The van der Waals surface area contributed by atoms with Gasteiger partial charge in [0.1, 0.15) is 10.6 Å². The molecule has 0 bridgehead atoms. The molecule has 0 unspecified atom stereocenters. The van der Waals surface area contributed by atoms with E-state index in [1.807, 2.05) is 31.2 Å². The number of aryl methyl sites for hydroxylation is 1. The van der Waals surface area contributed by atoms with Gasteiger partial charge in [-0.25, -0.2) is 4.98 Å². The molecule has 2 rings (SSSR count). The molecule has 92 valence electrons. The van der Waals surface area contributed by atoms with Crippen LogP contribution in [0.25, 0.3) is 10.6 Å². The van der Waals surface area contributed by atoms with Crippen molar-refractivity contribution < 1.29 is 9.90 Å². The summed E-state index contributed by atoms with van der Waals surface area (Å²) >= 11 is 0.858. The largest absolute Gasteiger partial charge is 0.493 e. The Bertz CT molecular complexity index is 659. The first-order chi connectivity index (χ1) is 8.49. The fraction of sp³-hybridized carbons (Fsp3) is 0.154. The van der Waals surface area contributed by atoms with Crippen LogP contribution in [0.15, 0.2) is 29.1 Å². The van der Waals surface area contributed by atoms with Crippen molar-refractivity contribution in [3.63, 3.8) is 0 Å². The summed E-state index contributed by atoms with van der Waals surface area (Å²) in [6.45, 7) is 3.19. The number of ketones is 1. The molecule has 0 atom stereocenters. The molecular formula is C13H11NO3S. The fourth-order valence-corrected chi connectivity index (χ4v) is 2.42. The number of aromatic nitrogens is 1. The van der Waals surface area contributed by atoms with Gasteiger partial charge < -0.3 is 5.11 Å². The highest BCUT2D eigenvalue weighted by Crippen LogP contribution is 2.23. The Morgan fingerprint density at radius 2 is 1.89 bits per heavy atom. The van der Waals surface area contributed by atoms with Crippen molar-refractivity contribution in [2.24, 2.45) is 0 Å². The molecule has 1 aromatic carbocycles. The van der Waals surface area contributed by atoms with Gasteiger partial charge >= 0.3 is 0 Å². The van der Waals surface area contributed by atoms with Crippen LogP contribution >= 0.6 is 11.3 Å². The molecule has 0 amide bonds. The molecule has 0 aliphatic rings. The number of benzene rings is 1. The summed E-state index contributed by atoms with van der Waals surface area (Å²) in [5, 5.41) is 10.0. The number of nitrogens with zero attached hydrogens (tertiary/aromatic N) is 1. The summed E-state index contributed by atoms with van der Waals surface area (Å²) in [4.78, 5) is 26.8. The number of rotatable bonds is 2. The van der Waals surface area contributed by atoms with Crippen LogP contribution < -0.4 is 4.74 Å². The number of carbonyl (C=O) groups excluding carboxylic acids is 1. The van der Waals surface area contributed by atoms with Gasteiger partial charge in [-0.05, 0) is 13.8 Å². The zero-order valence-corrected chi connectivity index (χ0v) is 10.7. The van der Waals surface area contributed by atoms with Crippen molar-refractivity contribution in [3.05, 3.63) is 44.9 Å². The second-order valence-electron chi connectivity index (χ2n) is 3.93. The SMILES string of the molecule is CC(=O)c1c(O)nc(-c2ccc(C)cc2)sc1=O. The van der Waals surface area contributed by atoms with Crippen molar-refractivity contribution in [2.45, 2.75) is 13.8 Å². The summed E-state index contributed by atoms with van der Waals surface area (Å²) in [5.74, 6) is -0.974. The lowest BCUT2D eigenvalue weighted by molar-refractivity contribution is 0.101. The zero-order chi connectivity index (χ0) is 13.3. The van der Waals surface area contributed by atoms with Crippen molar-refractivity contribution in [1.82, 2.24) is 4.98 Å². The van der Waals surface area contributed by atoms with Gasteiger partial charge in [-0.3, -0.25) is 9.59 Å². The van der Waals surface area contributed by atoms with Gasteiger partial charge in [0.15, 0.2) is 5.78 Å². The maximum atomic E-state index is 11.7. The highest BCUT2D eigenvalue weighted by atomic mass is 32.1. The number of Topliss-reactive ketones (excluding diaryl/α,β-unsaturated/α-hetero) is 1. The molecular weight excluding hydrogens is 250 g/mol. The van der Waals surface area contributed by atoms with Crippen LogP contribution in [0.3, 0.4) is 0 Å². The van der Waals surface area contributed by atoms with Gasteiger partial charge in [-0.15, -0.1) is 0 Å². The Balaban J connectivity index is 2.58. The van der Waals surface area contributed by atoms with Crippen LogP contribution in [0.2, 0.25) is 0 Å². The molecule has 2 aromatic rings. The van der Waals surface area contributed by atoms with E-state index in [0.29, 0.717) is 5.01 Å². The van der Waals surface area contributed by atoms with Crippen LogP contribution in [0.4, 0.5) is 0 Å². The molecule has 1 aromatic heterocycles. The molecule has 18 heavy (non-hydrogen) atoms. The molecule has 0 saturated carbocycles. The molecule has 0 aliphatic heterocycles. The normalized spacial score (nSPS) is 10.3. The van der Waals surface area contributed by atoms with Gasteiger partial charge in [0.25, 0.3) is 4.74 Å². The van der Waals surface area contributed by atoms with E-state index in [-0.39, 0.29) is 5.56 Å². The van der Waals surface area contributed by atoms with Gasteiger partial charge in [-0.1, -0.05) is 41.2 Å². The summed E-state index contributed by atoms with van der Waals surface area (Å²) in [5.41, 5.74) is 1.60. The Hall–Kier alpha value is -2.01. The second kappa shape index (κ2) is 4.70. The predicted molar refractivity (Wildman–Crippen MR) is 70.2 cm³/mol. The van der Waals surface area contributed by atoms with Crippen LogP contribution in [0, 0.1) is 6.92 Å². The lowest BCUT2D eigenvalue weighted by Gasteiger charge is -2.03. The molecule has 1 N–H and O–H groups in total. The van der Waals surface area contributed by atoms with Crippen LogP contribution in [-0.4, -0.2) is 15.9 Å². The minimum atomic E-state index is -0.498. The van der Waals surface area contributed by atoms with Crippen LogP contribution in [0.5, 0.6) is 5.88 Å². The summed E-state index contributed by atoms with van der Waals surface area (Å²) in [6.07, 6.45) is 0. The van der Waals surface area contributed by atoms with Crippen LogP contribution in [-0.2, 0) is 0 Å². The highest BCUT2D eigenvalue weighted by Gasteiger charge is 2.15. The smallest absolute Gasteiger partial charge is 0.250 e. The van der Waals surface area contributed by atoms with E-state index in [0.717, 1.165) is 22.5 Å². The molecule has 0 spiro atoms. The lowest BCUT2D eigenvalue weighted by atomic mass is 10.2. The third-order valence-corrected chi connectivity index (χ3v) is 3.38. The van der Waals surface area contributed by atoms with Gasteiger partial charge in [0.2, 0.25) is 5.88 Å². The lowest BCUT2D eigenvalue weighted by Crippen LogP contribution is -2.10. The molecule has 4 nitrogen and oxygen atoms in total. The maximum Gasteiger partial charge on any atom is 0.250 e. The monoisotopic (exact) mass is 261 g/mol. The van der Waals surface area contributed by atoms with E-state index >= 15 is 0 Å². The third-order valence-electron chi connectivity index (χ3n) is 2.48. The predicted octanol–water partition coefficient (Wildman–Crippen LogP) is 2.39. The Labute approximate surface area is 108 Å². The van der Waals surface area contributed by atoms with Crippen molar-refractivity contribution in [2.75, 3.05) is 0 Å². The summed E-state index contributed by atoms with van der Waals surface area (Å²) < 4.78 is -0.467. The van der Waals surface area contributed by atoms with E-state index in [1.165, 1.54) is 6.92 Å². The second-order valence-corrected chi connectivity index (χ2v) is 4.89. The van der Waals surface area contributed by atoms with E-state index in [1.54, 1.807) is 0 Å². The van der Waals surface area contributed by atoms with Gasteiger partial charge in [0, 0.05) is 5.56 Å². The quantitative estimate of drug-likeness (QED) is 0.843. The Morgan fingerprint density at radius 1 is 1.28 bits per heavy atom. The average Bonchev–Trinajstić information content (AvgIpc) is 2.28. The minimum absolute atomic E-state index is 0.240. The topological polar surface area (TPSA) is 67.3 Å². The minimum Gasteiger partial charge on any atom is -0.493 e. The summed E-state index contributed by atoms with van der Waals surface area (Å²) in [7, 11) is 0. The molecule has 1 heterocycles. The van der Waals surface area contributed by atoms with E-state index < -0.39 is 16.4 Å². The van der Waals surface area contributed by atoms with E-state index in [9.17, 15) is 14.7 Å². The van der Waals surface area contributed by atoms with E-state index in [4.69, 9.17) is 0 Å². The Morgan fingerprint density at radius 3 is 2.39 bits per heavy atom. The highest BCUT2D eigenvalue weighted by molar-refractivity contribution is 7.12. The molecule has 0 saturated heterocycles. The average molecular weight is 261 g/mol. The number of hydrogen-bond acceptors (Lipinski definition) is 5. The first kappa shape index (κ1) is 12.4. The fourth-order valence-electron chi connectivity index (χ4n) is 1.53. The zero-order valence-electron chi connectivity index (χ0n) is 9.93. The first-order valence-electron chi connectivity index (χ1n) is 5.31. The summed E-state index contributed by atoms with van der Waals surface area (Å²) in [6, 6.07) is 7.43. The van der Waals surface area contributed by atoms with E-state index in [2.05, 4.69) is 4.98 Å². The van der Waals surface area contributed by atoms with Crippen molar-refractivity contribution in [1.29, 1.82) is 0 Å². The molecule has 0 radical (unpaired) electrons. The third kappa shape index (κ3) is 2.31. The number of carbonyl (C=O) groups is 1. The number of hydrogen-bond donors (Lipinski definition) is 1. The Kier molecular flexibility index (Phi) is 3.25. The first-order valence-corrected chi connectivity index (χ1v) is 6.13. The van der Waals surface area contributed by atoms with Crippen molar-refractivity contribution in [3.8, 4) is 16.5 Å². The van der Waals surface area contributed by atoms with Gasteiger partial charge in [-0.2, -0.15) is 0 Å². The maximum absolute atomic E-state index is 11.7. The van der Waals surface area contributed by atoms with Crippen LogP contribution in [0.1, 0.15) is 22.8 Å². The molecule has 5 heteroatoms. The van der Waals surface area contributed by atoms with Gasteiger partial charge in [0.05, 0.1) is 0 Å². The molecule has 0 fully saturated rings. The van der Waals surface area contributed by atoms with Crippen molar-refractivity contribution >= 4 is 17.1 Å².